The Balaban J connectivity index is 1.72. The van der Waals surface area contributed by atoms with Gasteiger partial charge >= 0.3 is 0 Å². The molecule has 0 bridgehead atoms. The van der Waals surface area contributed by atoms with Gasteiger partial charge in [-0.05, 0) is 6.42 Å². The molecule has 2 aliphatic rings. The Hall–Kier alpha value is -1.51. The lowest BCUT2D eigenvalue weighted by Crippen LogP contribution is -2.30. The largest absolute Gasteiger partial charge is 0.342 e. The zero-order valence-electron chi connectivity index (χ0n) is 10.7. The van der Waals surface area contributed by atoms with Gasteiger partial charge in [0.15, 0.2) is 5.66 Å². The molecule has 2 aliphatic heterocycles. The molecule has 104 valence electrons. The molecular formula is C13H17F2N3O. The van der Waals surface area contributed by atoms with Crippen LogP contribution in [0.4, 0.5) is 8.78 Å². The summed E-state index contributed by atoms with van der Waals surface area (Å²) in [5.74, 6) is 1.77. The Kier molecular flexibility index (Phi) is 4.13. The van der Waals surface area contributed by atoms with Crippen molar-refractivity contribution in [2.75, 3.05) is 13.1 Å². The third kappa shape index (κ3) is 3.49. The van der Waals surface area contributed by atoms with Crippen LogP contribution in [0.5, 0.6) is 0 Å². The predicted octanol–water partition coefficient (Wildman–Crippen LogP) is 2.46. The molecule has 0 N–H and O–H groups in total. The first kappa shape index (κ1) is 13.9. The Morgan fingerprint density at radius 2 is 2.21 bits per heavy atom. The van der Waals surface area contributed by atoms with Gasteiger partial charge in [0.05, 0.1) is 0 Å². The Morgan fingerprint density at radius 3 is 2.74 bits per heavy atom. The fourth-order valence-electron chi connectivity index (χ4n) is 2.35. The first-order valence-electron chi connectivity index (χ1n) is 6.50. The highest BCUT2D eigenvalue weighted by Gasteiger charge is 2.40. The lowest BCUT2D eigenvalue weighted by Gasteiger charge is -2.17. The number of rotatable bonds is 6. The van der Waals surface area contributed by atoms with Gasteiger partial charge in [-0.2, -0.15) is 10.2 Å². The molecule has 0 radical (unpaired) electrons. The topological polar surface area (TPSA) is 45.0 Å². The minimum Gasteiger partial charge on any atom is -0.342 e. The standard InChI is InChI=1S/C13H17F2N3O/c1-2-3-6-13(16-17-13)7-4-11(19)18-8-5-10(9-18)12(14)15/h1,10,12H,3-9H2. The number of likely N-dealkylation sites (tertiary alicyclic amines) is 1. The lowest BCUT2D eigenvalue weighted by molar-refractivity contribution is -0.130. The first-order chi connectivity index (χ1) is 9.06. The van der Waals surface area contributed by atoms with Crippen molar-refractivity contribution < 1.29 is 13.6 Å². The summed E-state index contributed by atoms with van der Waals surface area (Å²) in [5.41, 5.74) is -0.468. The summed E-state index contributed by atoms with van der Waals surface area (Å²) in [4.78, 5) is 13.4. The molecule has 0 aromatic rings. The molecule has 1 saturated heterocycles. The molecule has 2 rings (SSSR count). The Bertz CT molecular complexity index is 411. The number of terminal acetylenes is 1. The van der Waals surface area contributed by atoms with Crippen molar-refractivity contribution in [3.8, 4) is 12.3 Å². The molecule has 1 amide bonds. The van der Waals surface area contributed by atoms with Crippen LogP contribution in [0, 0.1) is 18.3 Å². The van der Waals surface area contributed by atoms with Crippen molar-refractivity contribution in [3.63, 3.8) is 0 Å². The Morgan fingerprint density at radius 1 is 1.47 bits per heavy atom. The number of amides is 1. The number of nitrogens with zero attached hydrogens (tertiary/aromatic N) is 3. The van der Waals surface area contributed by atoms with E-state index in [0.29, 0.717) is 38.6 Å². The van der Waals surface area contributed by atoms with E-state index >= 15 is 0 Å². The van der Waals surface area contributed by atoms with Crippen molar-refractivity contribution in [2.45, 2.75) is 44.2 Å². The zero-order valence-corrected chi connectivity index (χ0v) is 10.7. The molecular weight excluding hydrogens is 252 g/mol. The summed E-state index contributed by atoms with van der Waals surface area (Å²) >= 11 is 0. The fraction of sp³-hybridized carbons (Fsp3) is 0.769. The summed E-state index contributed by atoms with van der Waals surface area (Å²) in [5, 5.41) is 7.90. The number of halogens is 2. The third-order valence-corrected chi connectivity index (χ3v) is 3.73. The van der Waals surface area contributed by atoms with Gasteiger partial charge in [0, 0.05) is 44.7 Å². The van der Waals surface area contributed by atoms with E-state index in [9.17, 15) is 13.6 Å². The second kappa shape index (κ2) is 5.64. The predicted molar refractivity (Wildman–Crippen MR) is 65.6 cm³/mol. The number of hydrogen-bond acceptors (Lipinski definition) is 3. The van der Waals surface area contributed by atoms with Crippen LogP contribution in [-0.4, -0.2) is 36.0 Å². The molecule has 1 unspecified atom stereocenters. The molecule has 0 spiro atoms. The van der Waals surface area contributed by atoms with Crippen molar-refractivity contribution in [2.24, 2.45) is 16.1 Å². The van der Waals surface area contributed by atoms with Crippen LogP contribution in [0.3, 0.4) is 0 Å². The molecule has 19 heavy (non-hydrogen) atoms. The molecule has 0 saturated carbocycles. The highest BCUT2D eigenvalue weighted by atomic mass is 19.3. The quantitative estimate of drug-likeness (QED) is 0.683. The maximum absolute atomic E-state index is 12.5. The van der Waals surface area contributed by atoms with Gasteiger partial charge in [-0.1, -0.05) is 0 Å². The maximum atomic E-state index is 12.5. The number of alkyl halides is 2. The summed E-state index contributed by atoms with van der Waals surface area (Å²) in [6, 6.07) is 0. The number of hydrogen-bond donors (Lipinski definition) is 0. The van der Waals surface area contributed by atoms with Crippen molar-refractivity contribution in [3.05, 3.63) is 0 Å². The van der Waals surface area contributed by atoms with Crippen molar-refractivity contribution >= 4 is 5.91 Å². The van der Waals surface area contributed by atoms with E-state index < -0.39 is 18.0 Å². The Labute approximate surface area is 111 Å². The van der Waals surface area contributed by atoms with E-state index in [2.05, 4.69) is 16.1 Å². The second-order valence-corrected chi connectivity index (χ2v) is 5.11. The van der Waals surface area contributed by atoms with E-state index in [1.807, 2.05) is 0 Å². The SMILES string of the molecule is C#CCCC1(CCC(=O)N2CCC(C(F)F)C2)N=N1. The van der Waals surface area contributed by atoms with E-state index in [1.165, 1.54) is 4.90 Å². The van der Waals surface area contributed by atoms with E-state index in [4.69, 9.17) is 6.42 Å². The second-order valence-electron chi connectivity index (χ2n) is 5.11. The summed E-state index contributed by atoms with van der Waals surface area (Å²) in [6.45, 7) is 0.599. The molecule has 1 atom stereocenters. The van der Waals surface area contributed by atoms with Crippen molar-refractivity contribution in [1.82, 2.24) is 4.90 Å². The molecule has 0 aliphatic carbocycles. The zero-order chi connectivity index (χ0) is 13.9. The molecule has 4 nitrogen and oxygen atoms in total. The van der Waals surface area contributed by atoms with Gasteiger partial charge in [-0.3, -0.25) is 4.79 Å². The summed E-state index contributed by atoms with van der Waals surface area (Å²) in [6.07, 6.45) is 5.31. The highest BCUT2D eigenvalue weighted by Crippen LogP contribution is 2.38. The van der Waals surface area contributed by atoms with Crippen LogP contribution in [-0.2, 0) is 4.79 Å². The molecule has 6 heteroatoms. The molecule has 0 aromatic heterocycles. The van der Waals surface area contributed by atoms with Gasteiger partial charge in [-0.25, -0.2) is 8.78 Å². The smallest absolute Gasteiger partial charge is 0.243 e. The van der Waals surface area contributed by atoms with Crippen molar-refractivity contribution in [1.29, 1.82) is 0 Å². The van der Waals surface area contributed by atoms with Crippen LogP contribution >= 0.6 is 0 Å². The number of carbonyl (C=O) groups excluding carboxylic acids is 1. The van der Waals surface area contributed by atoms with Crippen LogP contribution in [0.2, 0.25) is 0 Å². The van der Waals surface area contributed by atoms with Gasteiger partial charge < -0.3 is 4.90 Å². The average Bonchev–Trinajstić information content (AvgIpc) is 2.97. The normalized spacial score (nSPS) is 23.7. The van der Waals surface area contributed by atoms with Gasteiger partial charge in [0.2, 0.25) is 12.3 Å². The first-order valence-corrected chi connectivity index (χ1v) is 6.50. The molecule has 1 fully saturated rings. The minimum absolute atomic E-state index is 0.0828. The monoisotopic (exact) mass is 269 g/mol. The fourth-order valence-corrected chi connectivity index (χ4v) is 2.35. The highest BCUT2D eigenvalue weighted by molar-refractivity contribution is 5.76. The van der Waals surface area contributed by atoms with Crippen LogP contribution in [0.1, 0.15) is 32.1 Å². The van der Waals surface area contributed by atoms with Crippen LogP contribution in [0.15, 0.2) is 10.2 Å². The average molecular weight is 269 g/mol. The van der Waals surface area contributed by atoms with E-state index in [0.717, 1.165) is 0 Å². The number of carbonyl (C=O) groups is 1. The summed E-state index contributed by atoms with van der Waals surface area (Å²) in [7, 11) is 0. The minimum atomic E-state index is -2.34. The van der Waals surface area contributed by atoms with Gasteiger partial charge in [0.25, 0.3) is 0 Å². The molecule has 0 aromatic carbocycles. The lowest BCUT2D eigenvalue weighted by atomic mass is 10.0. The van der Waals surface area contributed by atoms with Gasteiger partial charge in [-0.15, -0.1) is 12.3 Å². The third-order valence-electron chi connectivity index (χ3n) is 3.73. The summed E-state index contributed by atoms with van der Waals surface area (Å²) < 4.78 is 25.0. The van der Waals surface area contributed by atoms with E-state index in [-0.39, 0.29) is 12.5 Å². The van der Waals surface area contributed by atoms with Crippen LogP contribution < -0.4 is 0 Å². The maximum Gasteiger partial charge on any atom is 0.243 e. The van der Waals surface area contributed by atoms with Crippen LogP contribution in [0.25, 0.3) is 0 Å². The van der Waals surface area contributed by atoms with E-state index in [1.54, 1.807) is 0 Å². The molecule has 2 heterocycles. The van der Waals surface area contributed by atoms with Gasteiger partial charge in [0.1, 0.15) is 0 Å².